The highest BCUT2D eigenvalue weighted by Gasteiger charge is 2.38. The lowest BCUT2D eigenvalue weighted by atomic mass is 10.0. The van der Waals surface area contributed by atoms with Crippen molar-refractivity contribution < 1.29 is 23.8 Å². The van der Waals surface area contributed by atoms with Gasteiger partial charge in [0.25, 0.3) is 5.91 Å². The van der Waals surface area contributed by atoms with Crippen LogP contribution in [0.3, 0.4) is 0 Å². The molecule has 0 atom stereocenters. The van der Waals surface area contributed by atoms with E-state index in [0.29, 0.717) is 28.4 Å². The third kappa shape index (κ3) is 3.87. The quantitative estimate of drug-likeness (QED) is 0.549. The molecule has 0 saturated carbocycles. The van der Waals surface area contributed by atoms with Gasteiger partial charge in [0.05, 0.1) is 32.0 Å². The summed E-state index contributed by atoms with van der Waals surface area (Å²) in [5.41, 5.74) is 2.46. The standard InChI is InChI=1S/C23H23NO5/c1-5-29-23(26)21-15(2)24(17-9-7-6-8-10-17)22(25)18(21)13-16-11-12-19(27-3)20(14-16)28-4/h6-14H,5H2,1-4H3/b18-13-. The fourth-order valence-corrected chi connectivity index (χ4v) is 3.28. The lowest BCUT2D eigenvalue weighted by Gasteiger charge is -2.17. The molecule has 0 bridgehead atoms. The molecule has 0 saturated heterocycles. The minimum Gasteiger partial charge on any atom is -0.493 e. The van der Waals surface area contributed by atoms with Gasteiger partial charge in [-0.2, -0.15) is 0 Å². The molecule has 1 heterocycles. The highest BCUT2D eigenvalue weighted by molar-refractivity contribution is 6.23. The second kappa shape index (κ2) is 8.65. The van der Waals surface area contributed by atoms with Crippen LogP contribution in [0.1, 0.15) is 19.4 Å². The van der Waals surface area contributed by atoms with Crippen LogP contribution in [-0.4, -0.2) is 32.7 Å². The first-order chi connectivity index (χ1) is 14.0. The van der Waals surface area contributed by atoms with E-state index in [1.807, 2.05) is 30.3 Å². The first kappa shape index (κ1) is 20.2. The number of allylic oxidation sites excluding steroid dienone is 1. The molecule has 1 aliphatic rings. The molecule has 0 fully saturated rings. The monoisotopic (exact) mass is 393 g/mol. The molecule has 0 aromatic heterocycles. The summed E-state index contributed by atoms with van der Waals surface area (Å²) >= 11 is 0. The second-order valence-corrected chi connectivity index (χ2v) is 6.33. The highest BCUT2D eigenvalue weighted by atomic mass is 16.5. The molecule has 0 unspecified atom stereocenters. The minimum absolute atomic E-state index is 0.221. The third-order valence-electron chi connectivity index (χ3n) is 4.61. The molecule has 0 aliphatic carbocycles. The number of rotatable bonds is 6. The zero-order valence-electron chi connectivity index (χ0n) is 16.9. The van der Waals surface area contributed by atoms with Crippen LogP contribution in [0, 0.1) is 0 Å². The molecule has 2 aromatic rings. The van der Waals surface area contributed by atoms with Crippen molar-refractivity contribution in [3.8, 4) is 11.5 Å². The van der Waals surface area contributed by atoms with E-state index in [1.165, 1.54) is 4.90 Å². The maximum Gasteiger partial charge on any atom is 0.340 e. The molecule has 0 N–H and O–H groups in total. The minimum atomic E-state index is -0.525. The number of nitrogens with zero attached hydrogens (tertiary/aromatic N) is 1. The van der Waals surface area contributed by atoms with Crippen molar-refractivity contribution in [2.24, 2.45) is 0 Å². The van der Waals surface area contributed by atoms with Crippen LogP contribution in [0.5, 0.6) is 11.5 Å². The Morgan fingerprint density at radius 3 is 2.34 bits per heavy atom. The van der Waals surface area contributed by atoms with E-state index in [0.717, 1.165) is 0 Å². The molecule has 1 aliphatic heterocycles. The molecule has 3 rings (SSSR count). The number of esters is 1. The van der Waals surface area contributed by atoms with Gasteiger partial charge in [0.15, 0.2) is 11.5 Å². The Balaban J connectivity index is 2.12. The van der Waals surface area contributed by atoms with Crippen molar-refractivity contribution in [1.29, 1.82) is 0 Å². The number of ether oxygens (including phenoxy) is 3. The number of benzene rings is 2. The van der Waals surface area contributed by atoms with Crippen LogP contribution in [0.4, 0.5) is 5.69 Å². The average Bonchev–Trinajstić information content (AvgIpc) is 2.98. The predicted molar refractivity (Wildman–Crippen MR) is 111 cm³/mol. The number of para-hydroxylation sites is 1. The van der Waals surface area contributed by atoms with Crippen molar-refractivity contribution in [3.05, 3.63) is 70.9 Å². The average molecular weight is 393 g/mol. The molecule has 0 spiro atoms. The van der Waals surface area contributed by atoms with Crippen molar-refractivity contribution in [3.63, 3.8) is 0 Å². The Labute approximate surface area is 170 Å². The van der Waals surface area contributed by atoms with E-state index in [2.05, 4.69) is 0 Å². The molecule has 6 heteroatoms. The van der Waals surface area contributed by atoms with Gasteiger partial charge in [-0.05, 0) is 49.8 Å². The van der Waals surface area contributed by atoms with Crippen LogP contribution in [0.2, 0.25) is 0 Å². The Morgan fingerprint density at radius 2 is 1.72 bits per heavy atom. The fourth-order valence-electron chi connectivity index (χ4n) is 3.28. The number of hydrogen-bond acceptors (Lipinski definition) is 5. The smallest absolute Gasteiger partial charge is 0.340 e. The normalized spacial score (nSPS) is 15.1. The summed E-state index contributed by atoms with van der Waals surface area (Å²) in [6.45, 7) is 3.70. The van der Waals surface area contributed by atoms with Crippen molar-refractivity contribution >= 4 is 23.6 Å². The maximum absolute atomic E-state index is 13.3. The molecule has 1 amide bonds. The Hall–Kier alpha value is -3.54. The summed E-state index contributed by atoms with van der Waals surface area (Å²) in [7, 11) is 3.10. The zero-order valence-corrected chi connectivity index (χ0v) is 16.9. The summed E-state index contributed by atoms with van der Waals surface area (Å²) in [4.78, 5) is 27.5. The summed E-state index contributed by atoms with van der Waals surface area (Å²) in [6, 6.07) is 14.5. The van der Waals surface area contributed by atoms with Crippen molar-refractivity contribution in [2.75, 3.05) is 25.7 Å². The first-order valence-corrected chi connectivity index (χ1v) is 9.23. The van der Waals surface area contributed by atoms with E-state index in [-0.39, 0.29) is 23.7 Å². The van der Waals surface area contributed by atoms with Crippen LogP contribution in [-0.2, 0) is 14.3 Å². The topological polar surface area (TPSA) is 65.1 Å². The van der Waals surface area contributed by atoms with Gasteiger partial charge in [0, 0.05) is 11.4 Å². The fraction of sp³-hybridized carbons (Fsp3) is 0.217. The van der Waals surface area contributed by atoms with Gasteiger partial charge in [0.2, 0.25) is 0 Å². The molecule has 150 valence electrons. The van der Waals surface area contributed by atoms with E-state index < -0.39 is 5.97 Å². The zero-order chi connectivity index (χ0) is 21.0. The maximum atomic E-state index is 13.3. The molecule has 0 radical (unpaired) electrons. The Bertz CT molecular complexity index is 992. The lowest BCUT2D eigenvalue weighted by molar-refractivity contribution is -0.138. The summed E-state index contributed by atoms with van der Waals surface area (Å²) < 4.78 is 15.8. The molecule has 29 heavy (non-hydrogen) atoms. The van der Waals surface area contributed by atoms with Crippen molar-refractivity contribution in [1.82, 2.24) is 0 Å². The van der Waals surface area contributed by atoms with E-state index in [9.17, 15) is 9.59 Å². The SMILES string of the molecule is CCOC(=O)C1=C(C)N(c2ccccc2)C(=O)/C1=C\c1ccc(OC)c(OC)c1. The van der Waals surface area contributed by atoms with E-state index in [1.54, 1.807) is 52.3 Å². The molecular weight excluding hydrogens is 370 g/mol. The third-order valence-corrected chi connectivity index (χ3v) is 4.61. The lowest BCUT2D eigenvalue weighted by Crippen LogP contribution is -2.24. The second-order valence-electron chi connectivity index (χ2n) is 6.33. The number of carbonyl (C=O) groups is 2. The van der Waals surface area contributed by atoms with Gasteiger partial charge in [-0.3, -0.25) is 9.69 Å². The summed E-state index contributed by atoms with van der Waals surface area (Å²) in [6.07, 6.45) is 1.67. The number of carbonyl (C=O) groups excluding carboxylic acids is 2. The van der Waals surface area contributed by atoms with Crippen LogP contribution in [0.25, 0.3) is 6.08 Å². The van der Waals surface area contributed by atoms with E-state index in [4.69, 9.17) is 14.2 Å². The van der Waals surface area contributed by atoms with Gasteiger partial charge in [0.1, 0.15) is 0 Å². The van der Waals surface area contributed by atoms with Crippen LogP contribution in [0.15, 0.2) is 65.4 Å². The first-order valence-electron chi connectivity index (χ1n) is 9.23. The summed E-state index contributed by atoms with van der Waals surface area (Å²) in [5.74, 6) is 0.302. The summed E-state index contributed by atoms with van der Waals surface area (Å²) in [5, 5.41) is 0. The van der Waals surface area contributed by atoms with Gasteiger partial charge in [-0.1, -0.05) is 24.3 Å². The van der Waals surface area contributed by atoms with Crippen molar-refractivity contribution in [2.45, 2.75) is 13.8 Å². The van der Waals surface area contributed by atoms with Gasteiger partial charge >= 0.3 is 5.97 Å². The van der Waals surface area contributed by atoms with Gasteiger partial charge in [-0.25, -0.2) is 4.79 Å². The molecule has 2 aromatic carbocycles. The number of hydrogen-bond donors (Lipinski definition) is 0. The Kier molecular flexibility index (Phi) is 6.02. The number of anilines is 1. The largest absolute Gasteiger partial charge is 0.493 e. The van der Waals surface area contributed by atoms with Crippen LogP contribution >= 0.6 is 0 Å². The number of methoxy groups -OCH3 is 2. The van der Waals surface area contributed by atoms with E-state index >= 15 is 0 Å². The number of amides is 1. The van der Waals surface area contributed by atoms with Gasteiger partial charge < -0.3 is 14.2 Å². The van der Waals surface area contributed by atoms with Crippen LogP contribution < -0.4 is 14.4 Å². The van der Waals surface area contributed by atoms with Gasteiger partial charge in [-0.15, -0.1) is 0 Å². The highest BCUT2D eigenvalue weighted by Crippen LogP contribution is 2.36. The Morgan fingerprint density at radius 1 is 1.03 bits per heavy atom. The molecular formula is C23H23NO5. The predicted octanol–water partition coefficient (Wildman–Crippen LogP) is 3.97. The molecule has 6 nitrogen and oxygen atoms in total.